The third kappa shape index (κ3) is 3.78. The number of fused-ring (bicyclic) bond motifs is 1. The van der Waals surface area contributed by atoms with Gasteiger partial charge in [-0.2, -0.15) is 0 Å². The monoisotopic (exact) mass is 281 g/mol. The number of rotatable bonds is 7. The maximum absolute atomic E-state index is 10.6. The number of hydrogen-bond donors (Lipinski definition) is 1. The van der Waals surface area contributed by atoms with Crippen molar-refractivity contribution in [1.82, 2.24) is 14.3 Å². The van der Waals surface area contributed by atoms with Crippen LogP contribution in [0, 0.1) is 0 Å². The molecule has 0 saturated heterocycles. The molecule has 0 amide bonds. The topological polar surface area (TPSA) is 57.8 Å². The summed E-state index contributed by atoms with van der Waals surface area (Å²) in [6.07, 6.45) is 4.94. The SMILES string of the molecule is CC(C)N(CCCC(=O)O)Cc1cn2ccsc2n1. The summed E-state index contributed by atoms with van der Waals surface area (Å²) in [7, 11) is 0. The van der Waals surface area contributed by atoms with Gasteiger partial charge in [0, 0.05) is 36.8 Å². The van der Waals surface area contributed by atoms with E-state index < -0.39 is 5.97 Å². The minimum Gasteiger partial charge on any atom is -0.481 e. The van der Waals surface area contributed by atoms with Crippen molar-refractivity contribution in [2.45, 2.75) is 39.3 Å². The Kier molecular flexibility index (Phi) is 4.55. The van der Waals surface area contributed by atoms with E-state index in [2.05, 4.69) is 23.7 Å². The van der Waals surface area contributed by atoms with E-state index in [1.54, 1.807) is 11.3 Å². The van der Waals surface area contributed by atoms with Crippen LogP contribution in [0.15, 0.2) is 17.8 Å². The maximum atomic E-state index is 10.6. The standard InChI is InChI=1S/C13H19N3O2S/c1-10(2)15(5-3-4-12(17)18)8-11-9-16-6-7-19-13(16)14-11/h6-7,9-10H,3-5,8H2,1-2H3,(H,17,18). The van der Waals surface area contributed by atoms with Crippen LogP contribution in [0.4, 0.5) is 0 Å². The first-order chi connectivity index (χ1) is 9.06. The first-order valence-corrected chi connectivity index (χ1v) is 7.31. The average molecular weight is 281 g/mol. The Morgan fingerprint density at radius 3 is 3.00 bits per heavy atom. The molecule has 5 nitrogen and oxygen atoms in total. The van der Waals surface area contributed by atoms with Crippen molar-refractivity contribution in [2.75, 3.05) is 6.54 Å². The van der Waals surface area contributed by atoms with Crippen LogP contribution in [0.5, 0.6) is 0 Å². The van der Waals surface area contributed by atoms with Crippen molar-refractivity contribution in [3.05, 3.63) is 23.5 Å². The highest BCUT2D eigenvalue weighted by atomic mass is 32.1. The number of aromatic nitrogens is 2. The molecule has 104 valence electrons. The molecule has 1 N–H and O–H groups in total. The van der Waals surface area contributed by atoms with Crippen LogP contribution >= 0.6 is 11.3 Å². The van der Waals surface area contributed by atoms with Gasteiger partial charge in [0.2, 0.25) is 0 Å². The normalized spacial score (nSPS) is 11.8. The van der Waals surface area contributed by atoms with Crippen molar-refractivity contribution in [3.8, 4) is 0 Å². The summed E-state index contributed by atoms with van der Waals surface area (Å²) < 4.78 is 2.02. The van der Waals surface area contributed by atoms with E-state index in [1.165, 1.54) is 0 Å². The number of aliphatic carboxylic acids is 1. The van der Waals surface area contributed by atoms with Crippen molar-refractivity contribution in [2.24, 2.45) is 0 Å². The molecule has 19 heavy (non-hydrogen) atoms. The molecule has 2 heterocycles. The highest BCUT2D eigenvalue weighted by Crippen LogP contribution is 2.14. The Hall–Kier alpha value is -1.40. The van der Waals surface area contributed by atoms with E-state index in [0.29, 0.717) is 12.5 Å². The van der Waals surface area contributed by atoms with Crippen molar-refractivity contribution >= 4 is 22.3 Å². The largest absolute Gasteiger partial charge is 0.481 e. The number of nitrogens with zero attached hydrogens (tertiary/aromatic N) is 3. The molecule has 0 aromatic carbocycles. The predicted octanol–water partition coefficient (Wildman–Crippen LogP) is 2.47. The van der Waals surface area contributed by atoms with E-state index in [1.807, 2.05) is 22.2 Å². The van der Waals surface area contributed by atoms with Crippen LogP contribution in [0.2, 0.25) is 0 Å². The van der Waals surface area contributed by atoms with Crippen LogP contribution < -0.4 is 0 Å². The van der Waals surface area contributed by atoms with E-state index in [9.17, 15) is 4.79 Å². The average Bonchev–Trinajstić information content (AvgIpc) is 2.87. The van der Waals surface area contributed by atoms with Gasteiger partial charge in [-0.3, -0.25) is 14.1 Å². The zero-order valence-electron chi connectivity index (χ0n) is 11.2. The lowest BCUT2D eigenvalue weighted by molar-refractivity contribution is -0.137. The minimum absolute atomic E-state index is 0.224. The summed E-state index contributed by atoms with van der Waals surface area (Å²) in [5, 5.41) is 10.7. The summed E-state index contributed by atoms with van der Waals surface area (Å²) in [5.41, 5.74) is 1.04. The number of carbonyl (C=O) groups is 1. The summed E-state index contributed by atoms with van der Waals surface area (Å²) in [5.74, 6) is -0.730. The van der Waals surface area contributed by atoms with Crippen LogP contribution in [-0.2, 0) is 11.3 Å². The highest BCUT2D eigenvalue weighted by Gasteiger charge is 2.13. The molecule has 0 aliphatic heterocycles. The second-order valence-electron chi connectivity index (χ2n) is 4.89. The molecule has 0 bridgehead atoms. The molecule has 6 heteroatoms. The quantitative estimate of drug-likeness (QED) is 0.847. The zero-order valence-corrected chi connectivity index (χ0v) is 12.1. The fraction of sp³-hybridized carbons (Fsp3) is 0.538. The van der Waals surface area contributed by atoms with E-state index in [0.717, 1.165) is 23.7 Å². The number of carboxylic acids is 1. The molecule has 0 spiro atoms. The molecular formula is C13H19N3O2S. The van der Waals surface area contributed by atoms with Gasteiger partial charge < -0.3 is 5.11 Å². The molecule has 0 aliphatic rings. The first-order valence-electron chi connectivity index (χ1n) is 6.43. The molecule has 0 saturated carbocycles. The molecule has 2 rings (SSSR count). The lowest BCUT2D eigenvalue weighted by Gasteiger charge is -2.25. The van der Waals surface area contributed by atoms with E-state index in [4.69, 9.17) is 5.11 Å². The van der Waals surface area contributed by atoms with Gasteiger partial charge in [0.05, 0.1) is 5.69 Å². The van der Waals surface area contributed by atoms with Crippen LogP contribution in [0.25, 0.3) is 4.96 Å². The number of thiazole rings is 1. The van der Waals surface area contributed by atoms with Gasteiger partial charge >= 0.3 is 5.97 Å². The zero-order chi connectivity index (χ0) is 13.8. The molecule has 2 aromatic rings. The smallest absolute Gasteiger partial charge is 0.303 e. The summed E-state index contributed by atoms with van der Waals surface area (Å²) in [6.45, 7) is 5.80. The van der Waals surface area contributed by atoms with E-state index in [-0.39, 0.29) is 6.42 Å². The second-order valence-corrected chi connectivity index (χ2v) is 5.76. The molecule has 0 fully saturated rings. The third-order valence-corrected chi connectivity index (χ3v) is 3.85. The van der Waals surface area contributed by atoms with Gasteiger partial charge in [-0.05, 0) is 26.8 Å². The van der Waals surface area contributed by atoms with Crippen molar-refractivity contribution < 1.29 is 9.90 Å². The Labute approximate surface area is 116 Å². The summed E-state index contributed by atoms with van der Waals surface area (Å²) in [4.78, 5) is 18.4. The molecule has 0 unspecified atom stereocenters. The molecule has 0 aliphatic carbocycles. The Morgan fingerprint density at radius 2 is 2.37 bits per heavy atom. The van der Waals surface area contributed by atoms with Crippen molar-refractivity contribution in [3.63, 3.8) is 0 Å². The van der Waals surface area contributed by atoms with Crippen LogP contribution in [-0.4, -0.2) is 37.9 Å². The number of hydrogen-bond acceptors (Lipinski definition) is 4. The van der Waals surface area contributed by atoms with Gasteiger partial charge in [0.15, 0.2) is 4.96 Å². The lowest BCUT2D eigenvalue weighted by Crippen LogP contribution is -2.31. The summed E-state index contributed by atoms with van der Waals surface area (Å²) in [6, 6.07) is 0.383. The highest BCUT2D eigenvalue weighted by molar-refractivity contribution is 7.15. The van der Waals surface area contributed by atoms with E-state index >= 15 is 0 Å². The van der Waals surface area contributed by atoms with Gasteiger partial charge in [-0.15, -0.1) is 11.3 Å². The summed E-state index contributed by atoms with van der Waals surface area (Å²) >= 11 is 1.62. The Bertz CT molecular complexity index is 518. The molecule has 2 aromatic heterocycles. The first kappa shape index (κ1) is 14.0. The minimum atomic E-state index is -0.730. The van der Waals surface area contributed by atoms with Gasteiger partial charge in [0.1, 0.15) is 0 Å². The van der Waals surface area contributed by atoms with Crippen LogP contribution in [0.3, 0.4) is 0 Å². The number of imidazole rings is 1. The van der Waals surface area contributed by atoms with Crippen molar-refractivity contribution in [1.29, 1.82) is 0 Å². The second kappa shape index (κ2) is 6.16. The van der Waals surface area contributed by atoms with Crippen LogP contribution in [0.1, 0.15) is 32.4 Å². The fourth-order valence-corrected chi connectivity index (χ4v) is 2.73. The molecule has 0 atom stereocenters. The van der Waals surface area contributed by atoms with Gasteiger partial charge in [-0.1, -0.05) is 0 Å². The van der Waals surface area contributed by atoms with Gasteiger partial charge in [0.25, 0.3) is 0 Å². The predicted molar refractivity (Wildman–Crippen MR) is 75.5 cm³/mol. The molecular weight excluding hydrogens is 262 g/mol. The lowest BCUT2D eigenvalue weighted by atomic mass is 10.2. The fourth-order valence-electron chi connectivity index (χ4n) is 2.01. The van der Waals surface area contributed by atoms with Gasteiger partial charge in [-0.25, -0.2) is 4.98 Å². The molecule has 0 radical (unpaired) electrons. The number of carboxylic acid groups (broad SMARTS) is 1. The Balaban J connectivity index is 1.95. The third-order valence-electron chi connectivity index (χ3n) is 3.07. The maximum Gasteiger partial charge on any atom is 0.303 e. The Morgan fingerprint density at radius 1 is 1.58 bits per heavy atom.